The summed E-state index contributed by atoms with van der Waals surface area (Å²) in [7, 11) is 0. The summed E-state index contributed by atoms with van der Waals surface area (Å²) in [4.78, 5) is 33.3. The number of likely N-dealkylation sites (tertiary alicyclic amines) is 1. The van der Waals surface area contributed by atoms with Gasteiger partial charge in [0.15, 0.2) is 11.4 Å². The summed E-state index contributed by atoms with van der Waals surface area (Å²) < 4.78 is 7.03. The van der Waals surface area contributed by atoms with E-state index in [0.29, 0.717) is 49.4 Å². The molecule has 5 heterocycles. The van der Waals surface area contributed by atoms with E-state index < -0.39 is 0 Å². The zero-order chi connectivity index (χ0) is 22.1. The zero-order valence-electron chi connectivity index (χ0n) is 17.7. The highest BCUT2D eigenvalue weighted by molar-refractivity contribution is 7.13. The van der Waals surface area contributed by atoms with Gasteiger partial charge in [0, 0.05) is 25.7 Å². The molecule has 2 amide bonds. The second kappa shape index (κ2) is 8.58. The lowest BCUT2D eigenvalue weighted by Gasteiger charge is -2.32. The van der Waals surface area contributed by atoms with E-state index in [1.165, 1.54) is 6.26 Å². The summed E-state index contributed by atoms with van der Waals surface area (Å²) in [5.74, 6) is 0.102. The predicted molar refractivity (Wildman–Crippen MR) is 122 cm³/mol. The Labute approximate surface area is 188 Å². The monoisotopic (exact) mass is 449 g/mol. The van der Waals surface area contributed by atoms with Gasteiger partial charge in [-0.2, -0.15) is 5.10 Å². The summed E-state index contributed by atoms with van der Waals surface area (Å²) in [6.07, 6.45) is 4.60. The number of carbonyl (C=O) groups is 2. The Morgan fingerprint density at radius 1 is 1.25 bits per heavy atom. The lowest BCUT2D eigenvalue weighted by atomic mass is 10.0. The molecule has 0 atom stereocenters. The highest BCUT2D eigenvalue weighted by Gasteiger charge is 2.27. The van der Waals surface area contributed by atoms with E-state index in [1.807, 2.05) is 35.2 Å². The molecule has 164 valence electrons. The molecule has 8 nitrogen and oxygen atoms in total. The Hall–Kier alpha value is -3.46. The van der Waals surface area contributed by atoms with Crippen molar-refractivity contribution in [3.05, 3.63) is 59.5 Å². The molecule has 4 aromatic heterocycles. The number of amides is 2. The highest BCUT2D eigenvalue weighted by Crippen LogP contribution is 2.28. The first-order valence-electron chi connectivity index (χ1n) is 10.7. The summed E-state index contributed by atoms with van der Waals surface area (Å²) in [5, 5.41) is 10.3. The molecule has 1 fully saturated rings. The van der Waals surface area contributed by atoms with Crippen molar-refractivity contribution in [3.8, 4) is 10.6 Å². The quantitative estimate of drug-likeness (QED) is 0.500. The number of pyridine rings is 1. The van der Waals surface area contributed by atoms with Crippen LogP contribution in [0.1, 0.15) is 40.7 Å². The van der Waals surface area contributed by atoms with Crippen LogP contribution >= 0.6 is 11.3 Å². The van der Waals surface area contributed by atoms with Gasteiger partial charge >= 0.3 is 0 Å². The Balaban J connectivity index is 1.34. The molecular weight excluding hydrogens is 426 g/mol. The lowest BCUT2D eigenvalue weighted by molar-refractivity contribution is 0.0667. The first-order valence-corrected chi connectivity index (χ1v) is 11.6. The Kier molecular flexibility index (Phi) is 5.48. The van der Waals surface area contributed by atoms with E-state index in [1.54, 1.807) is 34.6 Å². The third kappa shape index (κ3) is 3.80. The van der Waals surface area contributed by atoms with Crippen LogP contribution in [-0.2, 0) is 6.54 Å². The van der Waals surface area contributed by atoms with Crippen molar-refractivity contribution in [2.45, 2.75) is 32.4 Å². The molecule has 0 aliphatic carbocycles. The summed E-state index contributed by atoms with van der Waals surface area (Å²) in [6, 6.07) is 9.20. The molecule has 0 bridgehead atoms. The zero-order valence-corrected chi connectivity index (χ0v) is 18.5. The maximum absolute atomic E-state index is 13.3. The van der Waals surface area contributed by atoms with Crippen LogP contribution in [0.25, 0.3) is 21.6 Å². The van der Waals surface area contributed by atoms with Gasteiger partial charge in [0.2, 0.25) is 0 Å². The molecule has 1 N–H and O–H groups in total. The van der Waals surface area contributed by atoms with E-state index in [4.69, 9.17) is 9.40 Å². The van der Waals surface area contributed by atoms with Gasteiger partial charge < -0.3 is 14.6 Å². The van der Waals surface area contributed by atoms with Gasteiger partial charge in [0.25, 0.3) is 11.8 Å². The number of fused-ring (bicyclic) bond motifs is 1. The predicted octanol–water partition coefficient (Wildman–Crippen LogP) is 3.81. The number of nitrogens with one attached hydrogen (secondary N) is 1. The largest absolute Gasteiger partial charge is 0.459 e. The van der Waals surface area contributed by atoms with Crippen molar-refractivity contribution >= 4 is 34.2 Å². The number of piperidine rings is 1. The molecule has 0 unspecified atom stereocenters. The van der Waals surface area contributed by atoms with Crippen LogP contribution < -0.4 is 5.32 Å². The molecule has 1 saturated heterocycles. The molecule has 32 heavy (non-hydrogen) atoms. The first-order chi connectivity index (χ1) is 15.6. The minimum absolute atomic E-state index is 0.00206. The number of aromatic nitrogens is 3. The van der Waals surface area contributed by atoms with E-state index in [0.717, 1.165) is 16.0 Å². The van der Waals surface area contributed by atoms with Crippen LogP contribution in [0.4, 0.5) is 0 Å². The van der Waals surface area contributed by atoms with Crippen molar-refractivity contribution in [2.75, 3.05) is 13.1 Å². The van der Waals surface area contributed by atoms with Gasteiger partial charge in [-0.3, -0.25) is 9.59 Å². The maximum atomic E-state index is 13.3. The normalized spacial score (nSPS) is 14.7. The van der Waals surface area contributed by atoms with E-state index in [2.05, 4.69) is 10.4 Å². The number of thiophene rings is 1. The number of carbonyl (C=O) groups excluding carboxylic acids is 2. The van der Waals surface area contributed by atoms with Gasteiger partial charge in [-0.15, -0.1) is 11.3 Å². The Morgan fingerprint density at radius 3 is 2.78 bits per heavy atom. The van der Waals surface area contributed by atoms with Crippen LogP contribution in [0, 0.1) is 0 Å². The molecule has 1 aliphatic heterocycles. The molecule has 0 spiro atoms. The van der Waals surface area contributed by atoms with Crippen LogP contribution in [-0.4, -0.2) is 50.6 Å². The maximum Gasteiger partial charge on any atom is 0.289 e. The fraction of sp³-hybridized carbons (Fsp3) is 0.304. The Morgan fingerprint density at radius 2 is 2.09 bits per heavy atom. The topological polar surface area (TPSA) is 93.3 Å². The van der Waals surface area contributed by atoms with Crippen molar-refractivity contribution < 1.29 is 14.0 Å². The SMILES string of the molecule is CCn1ncc2c(C(=O)NC3CCN(C(=O)c4ccco4)CC3)cc(-c3cccs3)nc21. The van der Waals surface area contributed by atoms with E-state index in [9.17, 15) is 9.59 Å². The first kappa shape index (κ1) is 20.4. The van der Waals surface area contributed by atoms with Gasteiger partial charge in [-0.05, 0) is 49.4 Å². The number of furan rings is 1. The van der Waals surface area contributed by atoms with Crippen LogP contribution in [0.5, 0.6) is 0 Å². The summed E-state index contributed by atoms with van der Waals surface area (Å²) in [6.45, 7) is 3.83. The fourth-order valence-corrected chi connectivity index (χ4v) is 4.75. The van der Waals surface area contributed by atoms with Gasteiger partial charge in [-0.1, -0.05) is 6.07 Å². The number of rotatable bonds is 5. The average molecular weight is 450 g/mol. The van der Waals surface area contributed by atoms with Crippen LogP contribution in [0.3, 0.4) is 0 Å². The third-order valence-electron chi connectivity index (χ3n) is 5.78. The number of aryl methyl sites for hydroxylation is 1. The van der Waals surface area contributed by atoms with Crippen molar-refractivity contribution in [1.82, 2.24) is 25.0 Å². The Bertz CT molecular complexity index is 1240. The van der Waals surface area contributed by atoms with Crippen LogP contribution in [0.2, 0.25) is 0 Å². The van der Waals surface area contributed by atoms with Gasteiger partial charge in [0.05, 0.1) is 34.0 Å². The van der Waals surface area contributed by atoms with Gasteiger partial charge in [-0.25, -0.2) is 9.67 Å². The highest BCUT2D eigenvalue weighted by atomic mass is 32.1. The minimum atomic E-state index is -0.137. The van der Waals surface area contributed by atoms with Crippen molar-refractivity contribution in [3.63, 3.8) is 0 Å². The number of hydrogen-bond donors (Lipinski definition) is 1. The smallest absolute Gasteiger partial charge is 0.289 e. The second-order valence-corrected chi connectivity index (χ2v) is 8.69. The second-order valence-electron chi connectivity index (χ2n) is 7.75. The molecule has 5 rings (SSSR count). The molecule has 9 heteroatoms. The molecule has 4 aromatic rings. The van der Waals surface area contributed by atoms with E-state index >= 15 is 0 Å². The van der Waals surface area contributed by atoms with Crippen molar-refractivity contribution in [1.29, 1.82) is 0 Å². The average Bonchev–Trinajstić information content (AvgIpc) is 3.60. The number of nitrogens with zero attached hydrogens (tertiary/aromatic N) is 4. The molecule has 0 aromatic carbocycles. The third-order valence-corrected chi connectivity index (χ3v) is 6.67. The van der Waals surface area contributed by atoms with Crippen LogP contribution in [0.15, 0.2) is 52.6 Å². The van der Waals surface area contributed by atoms with E-state index in [-0.39, 0.29) is 17.9 Å². The van der Waals surface area contributed by atoms with Crippen molar-refractivity contribution in [2.24, 2.45) is 0 Å². The summed E-state index contributed by atoms with van der Waals surface area (Å²) in [5.41, 5.74) is 2.06. The summed E-state index contributed by atoms with van der Waals surface area (Å²) >= 11 is 1.59. The molecular formula is C23H23N5O3S. The molecule has 0 radical (unpaired) electrons. The lowest BCUT2D eigenvalue weighted by Crippen LogP contribution is -2.46. The number of hydrogen-bond acceptors (Lipinski definition) is 6. The minimum Gasteiger partial charge on any atom is -0.459 e. The van der Waals surface area contributed by atoms with Gasteiger partial charge in [0.1, 0.15) is 0 Å². The molecule has 0 saturated carbocycles. The fourth-order valence-electron chi connectivity index (χ4n) is 4.06. The standard InChI is InChI=1S/C23H23N5O3S/c1-2-28-21-17(14-24-28)16(13-18(26-21)20-6-4-12-32-20)22(29)25-15-7-9-27(10-8-15)23(30)19-5-3-11-31-19/h3-6,11-15H,2,7-10H2,1H3,(H,25,29). The molecule has 1 aliphatic rings.